The van der Waals surface area contributed by atoms with E-state index in [4.69, 9.17) is 10.3 Å². The lowest BCUT2D eigenvalue weighted by atomic mass is 10.1. The molecular formula is C22H21N9O2. The summed E-state index contributed by atoms with van der Waals surface area (Å²) < 4.78 is 9.21. The van der Waals surface area contributed by atoms with Crippen LogP contribution in [0.15, 0.2) is 47.6 Å². The van der Waals surface area contributed by atoms with Gasteiger partial charge in [0.1, 0.15) is 17.8 Å². The summed E-state index contributed by atoms with van der Waals surface area (Å²) in [5.74, 6) is 0.714. The van der Waals surface area contributed by atoms with E-state index >= 15 is 0 Å². The van der Waals surface area contributed by atoms with Crippen LogP contribution in [0.1, 0.15) is 31.5 Å². The van der Waals surface area contributed by atoms with Gasteiger partial charge in [-0.05, 0) is 31.4 Å². The SMILES string of the molecule is CCc1cc(NC(=O)Nc2ccc(-c3cn(C4CC4)c4ncnc(N)c34)n3ccnc23)on1. The minimum absolute atomic E-state index is 0.281. The first-order chi connectivity index (χ1) is 16.1. The van der Waals surface area contributed by atoms with E-state index in [1.807, 2.05) is 29.7 Å². The molecule has 0 unspecified atom stereocenters. The summed E-state index contributed by atoms with van der Waals surface area (Å²) in [6.45, 7) is 1.96. The van der Waals surface area contributed by atoms with Gasteiger partial charge in [-0.1, -0.05) is 12.1 Å². The van der Waals surface area contributed by atoms with Crippen molar-refractivity contribution in [2.75, 3.05) is 16.4 Å². The zero-order valence-electron chi connectivity index (χ0n) is 17.8. The number of aromatic nitrogens is 6. The summed E-state index contributed by atoms with van der Waals surface area (Å²) in [5, 5.41) is 10.2. The molecular weight excluding hydrogens is 422 g/mol. The number of nitrogen functional groups attached to an aromatic ring is 1. The van der Waals surface area contributed by atoms with Crippen LogP contribution < -0.4 is 16.4 Å². The molecule has 0 atom stereocenters. The number of pyridine rings is 1. The zero-order valence-corrected chi connectivity index (χ0v) is 17.8. The summed E-state index contributed by atoms with van der Waals surface area (Å²) in [5.41, 5.74) is 10.8. The predicted octanol–water partition coefficient (Wildman–Crippen LogP) is 3.86. The van der Waals surface area contributed by atoms with Gasteiger partial charge in [-0.3, -0.25) is 9.72 Å². The molecule has 0 aromatic carbocycles. The van der Waals surface area contributed by atoms with Crippen LogP contribution in [0.5, 0.6) is 0 Å². The third-order valence-electron chi connectivity index (χ3n) is 5.81. The number of nitrogens with two attached hydrogens (primary N) is 1. The van der Waals surface area contributed by atoms with Gasteiger partial charge in [0.15, 0.2) is 5.65 Å². The second-order valence-corrected chi connectivity index (χ2v) is 8.01. The Morgan fingerprint density at radius 1 is 1.21 bits per heavy atom. The number of hydrogen-bond donors (Lipinski definition) is 3. The second-order valence-electron chi connectivity index (χ2n) is 8.01. The number of anilines is 3. The van der Waals surface area contributed by atoms with Crippen molar-refractivity contribution in [3.63, 3.8) is 0 Å². The number of carbonyl (C=O) groups is 1. The van der Waals surface area contributed by atoms with Crippen LogP contribution >= 0.6 is 0 Å². The third-order valence-corrected chi connectivity index (χ3v) is 5.81. The Labute approximate surface area is 187 Å². The van der Waals surface area contributed by atoms with Gasteiger partial charge in [-0.15, -0.1) is 0 Å². The predicted molar refractivity (Wildman–Crippen MR) is 123 cm³/mol. The van der Waals surface area contributed by atoms with Gasteiger partial charge < -0.3 is 20.1 Å². The van der Waals surface area contributed by atoms with Gasteiger partial charge in [0, 0.05) is 36.3 Å². The van der Waals surface area contributed by atoms with Crippen molar-refractivity contribution in [2.45, 2.75) is 32.2 Å². The molecule has 1 aliphatic carbocycles. The van der Waals surface area contributed by atoms with Crippen LogP contribution in [0.2, 0.25) is 0 Å². The van der Waals surface area contributed by atoms with Gasteiger partial charge in [-0.2, -0.15) is 0 Å². The molecule has 0 spiro atoms. The smallest absolute Gasteiger partial charge is 0.326 e. The number of imidazole rings is 1. The number of amides is 2. The lowest BCUT2D eigenvalue weighted by Crippen LogP contribution is -2.19. The summed E-state index contributed by atoms with van der Waals surface area (Å²) in [4.78, 5) is 25.7. The van der Waals surface area contributed by atoms with E-state index < -0.39 is 6.03 Å². The normalized spacial score (nSPS) is 13.6. The molecule has 0 radical (unpaired) electrons. The molecule has 1 aliphatic rings. The topological polar surface area (TPSA) is 141 Å². The molecule has 33 heavy (non-hydrogen) atoms. The van der Waals surface area contributed by atoms with Gasteiger partial charge in [-0.25, -0.2) is 19.7 Å². The van der Waals surface area contributed by atoms with E-state index in [9.17, 15) is 4.79 Å². The lowest BCUT2D eigenvalue weighted by molar-refractivity contribution is 0.261. The van der Waals surface area contributed by atoms with E-state index in [0.717, 1.165) is 47.2 Å². The fraction of sp³-hybridized carbons (Fsp3) is 0.227. The molecule has 1 fully saturated rings. The molecule has 2 amide bonds. The Bertz CT molecular complexity index is 1510. The highest BCUT2D eigenvalue weighted by Gasteiger charge is 2.28. The molecule has 5 aromatic heterocycles. The van der Waals surface area contributed by atoms with Crippen LogP contribution in [0.25, 0.3) is 27.9 Å². The van der Waals surface area contributed by atoms with Gasteiger partial charge in [0.25, 0.3) is 0 Å². The first-order valence-electron chi connectivity index (χ1n) is 10.7. The molecule has 11 heteroatoms. The molecule has 0 saturated heterocycles. The third kappa shape index (κ3) is 3.25. The van der Waals surface area contributed by atoms with Crippen molar-refractivity contribution >= 4 is 40.1 Å². The molecule has 1 saturated carbocycles. The number of fused-ring (bicyclic) bond motifs is 2. The maximum Gasteiger partial charge on any atom is 0.326 e. The summed E-state index contributed by atoms with van der Waals surface area (Å²) in [7, 11) is 0. The number of aryl methyl sites for hydroxylation is 1. The Morgan fingerprint density at radius 3 is 2.88 bits per heavy atom. The largest absolute Gasteiger partial charge is 0.383 e. The first-order valence-corrected chi connectivity index (χ1v) is 10.7. The van der Waals surface area contributed by atoms with Crippen LogP contribution in [0, 0.1) is 0 Å². The summed E-state index contributed by atoms with van der Waals surface area (Å²) in [6, 6.07) is 5.41. The number of hydrogen-bond acceptors (Lipinski definition) is 7. The summed E-state index contributed by atoms with van der Waals surface area (Å²) >= 11 is 0. The standard InChI is InChI=1S/C22H21N9O2/c1-2-12-9-17(33-29-12)28-22(32)27-15-5-6-16(30-8-7-24-20(15)30)14-10-31(13-3-4-13)21-18(14)19(23)25-11-26-21/h5-11,13H,2-4H2,1H3,(H2,23,25,26)(H2,27,28,32). The number of urea groups is 1. The highest BCUT2D eigenvalue weighted by atomic mass is 16.5. The molecule has 5 heterocycles. The number of carbonyl (C=O) groups excluding carboxylic acids is 1. The fourth-order valence-corrected chi connectivity index (χ4v) is 4.07. The highest BCUT2D eigenvalue weighted by molar-refractivity contribution is 6.03. The zero-order chi connectivity index (χ0) is 22.5. The van der Waals surface area contributed by atoms with E-state index in [0.29, 0.717) is 23.2 Å². The number of nitrogens with one attached hydrogen (secondary N) is 2. The minimum atomic E-state index is -0.450. The number of nitrogens with zero attached hydrogens (tertiary/aromatic N) is 6. The maximum absolute atomic E-state index is 12.5. The Balaban J connectivity index is 1.38. The van der Waals surface area contributed by atoms with Gasteiger partial charge >= 0.3 is 6.03 Å². The highest BCUT2D eigenvalue weighted by Crippen LogP contribution is 2.42. The average Bonchev–Trinajstić information content (AvgIpc) is 3.21. The maximum atomic E-state index is 12.5. The fourth-order valence-electron chi connectivity index (χ4n) is 4.07. The van der Waals surface area contributed by atoms with Crippen molar-refractivity contribution in [2.24, 2.45) is 0 Å². The monoisotopic (exact) mass is 443 g/mol. The Morgan fingerprint density at radius 2 is 2.09 bits per heavy atom. The van der Waals surface area contributed by atoms with Gasteiger partial charge in [0.2, 0.25) is 5.88 Å². The first kappa shape index (κ1) is 19.3. The van der Waals surface area contributed by atoms with E-state index in [1.54, 1.807) is 12.3 Å². The van der Waals surface area contributed by atoms with Crippen molar-refractivity contribution in [1.82, 2.24) is 29.1 Å². The molecule has 6 rings (SSSR count). The van der Waals surface area contributed by atoms with E-state index in [1.165, 1.54) is 6.33 Å². The number of rotatable bonds is 5. The van der Waals surface area contributed by atoms with Crippen LogP contribution in [-0.4, -0.2) is 35.1 Å². The lowest BCUT2D eigenvalue weighted by Gasteiger charge is -2.10. The van der Waals surface area contributed by atoms with Crippen molar-refractivity contribution in [1.29, 1.82) is 0 Å². The Hall–Kier alpha value is -4.41. The van der Waals surface area contributed by atoms with Crippen molar-refractivity contribution < 1.29 is 9.32 Å². The minimum Gasteiger partial charge on any atom is -0.383 e. The summed E-state index contributed by atoms with van der Waals surface area (Å²) in [6.07, 6.45) is 10.1. The molecule has 166 valence electrons. The molecule has 0 bridgehead atoms. The average molecular weight is 443 g/mol. The van der Waals surface area contributed by atoms with Crippen molar-refractivity contribution in [3.05, 3.63) is 48.8 Å². The Kier molecular flexibility index (Phi) is 4.28. The van der Waals surface area contributed by atoms with E-state index in [2.05, 4.69) is 41.5 Å². The molecule has 11 nitrogen and oxygen atoms in total. The van der Waals surface area contributed by atoms with Crippen LogP contribution in [-0.2, 0) is 6.42 Å². The second kappa shape index (κ2) is 7.33. The van der Waals surface area contributed by atoms with Gasteiger partial charge in [0.05, 0.1) is 22.5 Å². The molecule has 0 aliphatic heterocycles. The quantitative estimate of drug-likeness (QED) is 0.374. The van der Waals surface area contributed by atoms with Crippen LogP contribution in [0.3, 0.4) is 0 Å². The van der Waals surface area contributed by atoms with Crippen LogP contribution in [0.4, 0.5) is 22.2 Å². The van der Waals surface area contributed by atoms with E-state index in [-0.39, 0.29) is 5.88 Å². The molecule has 5 aromatic rings. The van der Waals surface area contributed by atoms with Crippen molar-refractivity contribution in [3.8, 4) is 11.3 Å². The molecule has 4 N–H and O–H groups in total.